The van der Waals surface area contributed by atoms with Gasteiger partial charge in [-0.1, -0.05) is 49.4 Å². The molecule has 0 aromatic heterocycles. The molecule has 472 valence electrons. The predicted octanol–water partition coefficient (Wildman–Crippen LogP) is -7.42. The van der Waals surface area contributed by atoms with Gasteiger partial charge < -0.3 is 122 Å². The van der Waals surface area contributed by atoms with Crippen molar-refractivity contribution in [3.63, 3.8) is 0 Å². The van der Waals surface area contributed by atoms with Crippen LogP contribution in [0.25, 0.3) is 0 Å². The standard InChI is InChI=1S/C54H76N12O20/c1-22(24-9-7-6-8-10-24)33-46(77)59-26(15-23-11-13-25(14-12-23)80-50-43-41(84-54(4,5)86-43)39(74)31(21-69)82-50)45(76)64-34(36(71)27-16-58-51(55)61-27)48(79)65-35(47(78)60-29(19-67)44(75)57-17-32(70)63-33)37(72)28-18-66(52(56)62-28)49-42-40(83-53(2,3)85-42)38(73)30(20-68)81-49/h6-14,22,26-31,33-43,49-50,67-69,71-74H,15-21H2,1-5H3,(H2,56,62)(H,57,75)(H,59,77)(H,60,78)(H,63,70)(H,64,76)(H,65,79)(H3,55,58,61). The molecule has 2 aromatic carbocycles. The number of fused-ring (bicyclic) bond motifs is 2. The van der Waals surface area contributed by atoms with E-state index in [1.54, 1.807) is 65.0 Å². The number of carbonyl (C=O) groups excluding carboxylic acids is 6. The van der Waals surface area contributed by atoms with Crippen LogP contribution in [0.15, 0.2) is 54.6 Å². The first-order valence-electron chi connectivity index (χ1n) is 28.2. The maximum atomic E-state index is 15.1. The predicted molar refractivity (Wildman–Crippen MR) is 293 cm³/mol. The molecule has 7 heterocycles. The highest BCUT2D eigenvalue weighted by molar-refractivity contribution is 5.98. The molecule has 0 saturated carbocycles. The van der Waals surface area contributed by atoms with Crippen LogP contribution in [0.1, 0.15) is 51.7 Å². The minimum absolute atomic E-state index is 0.173. The van der Waals surface area contributed by atoms with Crippen molar-refractivity contribution in [2.75, 3.05) is 39.5 Å². The van der Waals surface area contributed by atoms with Gasteiger partial charge in [0.2, 0.25) is 41.7 Å². The van der Waals surface area contributed by atoms with Gasteiger partial charge in [0.25, 0.3) is 0 Å². The molecule has 20 atom stereocenters. The average molecular weight is 1210 g/mol. The van der Waals surface area contributed by atoms with E-state index in [-0.39, 0.29) is 24.7 Å². The molecule has 2 aromatic rings. The third kappa shape index (κ3) is 13.9. The van der Waals surface area contributed by atoms with Crippen molar-refractivity contribution in [1.82, 2.24) is 52.8 Å². The second-order valence-electron chi connectivity index (χ2n) is 23.0. The first kappa shape index (κ1) is 63.6. The van der Waals surface area contributed by atoms with E-state index in [4.69, 9.17) is 44.0 Å². The fraction of sp³-hybridized carbons (Fsp3) is 0.630. The number of guanidine groups is 2. The first-order valence-corrected chi connectivity index (χ1v) is 28.2. The van der Waals surface area contributed by atoms with Crippen molar-refractivity contribution in [1.29, 1.82) is 10.8 Å². The zero-order valence-corrected chi connectivity index (χ0v) is 47.6. The van der Waals surface area contributed by atoms with Crippen LogP contribution in [0.2, 0.25) is 0 Å². The van der Waals surface area contributed by atoms with Crippen molar-refractivity contribution in [3.05, 3.63) is 65.7 Å². The Morgan fingerprint density at radius 2 is 1.17 bits per heavy atom. The molecule has 0 aliphatic carbocycles. The Balaban J connectivity index is 1.04. The number of nitrogens with zero attached hydrogens (tertiary/aromatic N) is 1. The van der Waals surface area contributed by atoms with Crippen LogP contribution >= 0.6 is 0 Å². The van der Waals surface area contributed by atoms with Gasteiger partial charge in [-0.25, -0.2) is 0 Å². The Bertz CT molecular complexity index is 2820. The molecule has 0 spiro atoms. The molecule has 7 fully saturated rings. The van der Waals surface area contributed by atoms with Gasteiger partial charge in [0, 0.05) is 25.4 Å². The lowest BCUT2D eigenvalue weighted by Gasteiger charge is -2.43. The monoisotopic (exact) mass is 1210 g/mol. The van der Waals surface area contributed by atoms with Crippen molar-refractivity contribution < 1.29 is 97.7 Å². The van der Waals surface area contributed by atoms with E-state index < -0.39 is 208 Å². The SMILES string of the molecule is CC(c1ccccc1)C1NC(=O)CNC(=O)C(CO)NC(=O)C(C(O)C2CN(C3OC(CO)C(O)C4OC(C)(C)OC43)C(=N)N2)NC(=O)C(C(O)C2CNC(=N)N2)NC(=O)C(Cc2ccc(OC3OC(CO)C(O)C4OC(C)(C)OC34)cc2)NC1=O. The number of benzene rings is 2. The molecule has 18 N–H and O–H groups in total. The van der Waals surface area contributed by atoms with Crippen molar-refractivity contribution in [2.24, 2.45) is 0 Å². The summed E-state index contributed by atoms with van der Waals surface area (Å²) in [6.45, 7) is 4.35. The van der Waals surface area contributed by atoms with Gasteiger partial charge >= 0.3 is 0 Å². The van der Waals surface area contributed by atoms with E-state index in [0.717, 1.165) is 0 Å². The Labute approximate surface area is 492 Å². The molecule has 7 saturated heterocycles. The van der Waals surface area contributed by atoms with Crippen molar-refractivity contribution in [2.45, 2.75) is 174 Å². The van der Waals surface area contributed by atoms with E-state index in [0.29, 0.717) is 11.1 Å². The van der Waals surface area contributed by atoms with Crippen LogP contribution in [0.3, 0.4) is 0 Å². The van der Waals surface area contributed by atoms with E-state index in [9.17, 15) is 54.9 Å². The van der Waals surface area contributed by atoms with Crippen molar-refractivity contribution >= 4 is 47.4 Å². The minimum atomic E-state index is -2.19. The van der Waals surface area contributed by atoms with Crippen molar-refractivity contribution in [3.8, 4) is 5.75 Å². The molecular formula is C54H76N12O20. The summed E-state index contributed by atoms with van der Waals surface area (Å²) in [4.78, 5) is 88.4. The highest BCUT2D eigenvalue weighted by Gasteiger charge is 2.59. The molecular weight excluding hydrogens is 1140 g/mol. The average Bonchev–Trinajstić information content (AvgIpc) is 1.69. The van der Waals surface area contributed by atoms with E-state index in [1.807, 2.05) is 0 Å². The number of aliphatic hydroxyl groups excluding tert-OH is 7. The quantitative estimate of drug-likeness (QED) is 0.0835. The Morgan fingerprint density at radius 1 is 0.616 bits per heavy atom. The van der Waals surface area contributed by atoms with Gasteiger partial charge in [0.05, 0.1) is 38.4 Å². The third-order valence-corrected chi connectivity index (χ3v) is 16.0. The van der Waals surface area contributed by atoms with E-state index in [1.165, 1.54) is 29.2 Å². The summed E-state index contributed by atoms with van der Waals surface area (Å²) in [6.07, 6.45) is -15.8. The molecule has 86 heavy (non-hydrogen) atoms. The number of rotatable bonds is 14. The summed E-state index contributed by atoms with van der Waals surface area (Å²) in [5.41, 5.74) is 0.924. The normalized spacial score (nSPS) is 36.1. The van der Waals surface area contributed by atoms with Gasteiger partial charge in [-0.15, -0.1) is 0 Å². The van der Waals surface area contributed by atoms with Crippen LogP contribution in [0.5, 0.6) is 5.75 Å². The molecule has 7 aliphatic rings. The lowest BCUT2D eigenvalue weighted by atomic mass is 9.92. The topological polar surface area (TPSA) is 468 Å². The fourth-order valence-corrected chi connectivity index (χ4v) is 11.5. The summed E-state index contributed by atoms with van der Waals surface area (Å²) in [6, 6.07) is 2.70. The van der Waals surface area contributed by atoms with Gasteiger partial charge in [-0.05, 0) is 51.0 Å². The molecule has 0 radical (unpaired) electrons. The second kappa shape index (κ2) is 26.2. The van der Waals surface area contributed by atoms with E-state index in [2.05, 4.69) is 47.9 Å². The van der Waals surface area contributed by atoms with Gasteiger partial charge in [0.15, 0.2) is 35.8 Å². The summed E-state index contributed by atoms with van der Waals surface area (Å²) < 4.78 is 42.0. The second-order valence-corrected chi connectivity index (χ2v) is 23.0. The number of ether oxygens (including phenoxy) is 7. The van der Waals surface area contributed by atoms with Gasteiger partial charge in [-0.2, -0.15) is 0 Å². The third-order valence-electron chi connectivity index (χ3n) is 16.0. The van der Waals surface area contributed by atoms with Crippen LogP contribution in [0, 0.1) is 10.8 Å². The van der Waals surface area contributed by atoms with Crippen LogP contribution in [0.4, 0.5) is 0 Å². The fourth-order valence-electron chi connectivity index (χ4n) is 11.5. The summed E-state index contributed by atoms with van der Waals surface area (Å²) in [5, 5.41) is 117. The van der Waals surface area contributed by atoms with Gasteiger partial charge in [-0.3, -0.25) is 39.6 Å². The Hall–Kier alpha value is -6.92. The zero-order chi connectivity index (χ0) is 62.1. The number of aliphatic hydroxyl groups is 7. The lowest BCUT2D eigenvalue weighted by Crippen LogP contribution is -2.67. The minimum Gasteiger partial charge on any atom is -0.462 e. The van der Waals surface area contributed by atoms with E-state index >= 15 is 9.59 Å². The highest BCUT2D eigenvalue weighted by atomic mass is 16.8. The maximum Gasteiger partial charge on any atom is 0.246 e. The molecule has 0 bridgehead atoms. The first-order chi connectivity index (χ1) is 40.8. The molecule has 7 aliphatic heterocycles. The Kier molecular flexibility index (Phi) is 19.4. The van der Waals surface area contributed by atoms with Gasteiger partial charge in [0.1, 0.15) is 90.9 Å². The lowest BCUT2D eigenvalue weighted by molar-refractivity contribution is -0.252. The highest BCUT2D eigenvalue weighted by Crippen LogP contribution is 2.40. The number of hydrogen-bond donors (Lipinski definition) is 18. The maximum absolute atomic E-state index is 15.1. The summed E-state index contributed by atoms with van der Waals surface area (Å²) in [7, 11) is 0. The summed E-state index contributed by atoms with van der Waals surface area (Å²) >= 11 is 0. The Morgan fingerprint density at radius 3 is 1.79 bits per heavy atom. The molecule has 9 rings (SSSR count). The number of carbonyl (C=O) groups is 6. The molecule has 32 heteroatoms. The van der Waals surface area contributed by atoms with Crippen LogP contribution in [-0.4, -0.2) is 255 Å². The van der Waals surface area contributed by atoms with Crippen LogP contribution in [-0.2, 0) is 63.6 Å². The summed E-state index contributed by atoms with van der Waals surface area (Å²) in [5.74, 6) is -10.4. The molecule has 6 amide bonds. The molecule has 20 unspecified atom stereocenters. The van der Waals surface area contributed by atoms with Crippen LogP contribution < -0.4 is 52.6 Å². The number of nitrogens with one attached hydrogen (secondary N) is 11. The molecule has 32 nitrogen and oxygen atoms in total. The largest absolute Gasteiger partial charge is 0.462 e. The number of amides is 6. The zero-order valence-electron chi connectivity index (χ0n) is 47.6. The smallest absolute Gasteiger partial charge is 0.246 e. The number of hydrogen-bond acceptors (Lipinski definition) is 22.